The van der Waals surface area contributed by atoms with Crippen molar-refractivity contribution >= 4 is 22.4 Å². The molecule has 1 heterocycles. The second kappa shape index (κ2) is 6.06. The van der Waals surface area contributed by atoms with Crippen LogP contribution in [0, 0.1) is 0 Å². The molecule has 1 aromatic carbocycles. The van der Waals surface area contributed by atoms with Crippen LogP contribution in [0.15, 0.2) is 30.3 Å². The van der Waals surface area contributed by atoms with Gasteiger partial charge in [0.25, 0.3) is 0 Å². The van der Waals surface area contributed by atoms with Crippen LogP contribution in [0.4, 0.5) is 10.8 Å². The molecule has 0 bridgehead atoms. The lowest BCUT2D eigenvalue weighted by atomic mass is 10.1. The van der Waals surface area contributed by atoms with Crippen LogP contribution in [0.1, 0.15) is 27.2 Å². The van der Waals surface area contributed by atoms with Crippen LogP contribution in [0.5, 0.6) is 0 Å². The minimum atomic E-state index is 0.493. The minimum Gasteiger partial charge on any atom is -0.382 e. The summed E-state index contributed by atoms with van der Waals surface area (Å²) >= 11 is 1.50. The Morgan fingerprint density at radius 1 is 1.26 bits per heavy atom. The summed E-state index contributed by atoms with van der Waals surface area (Å²) in [5.74, 6) is 0.632. The molecule has 0 fully saturated rings. The first-order valence-corrected chi connectivity index (χ1v) is 7.53. The van der Waals surface area contributed by atoms with E-state index < -0.39 is 0 Å². The predicted octanol–water partition coefficient (Wildman–Crippen LogP) is 4.02. The van der Waals surface area contributed by atoms with Crippen molar-refractivity contribution in [3.05, 3.63) is 30.3 Å². The molecule has 2 N–H and O–H groups in total. The molecule has 0 aliphatic carbocycles. The van der Waals surface area contributed by atoms with E-state index in [2.05, 4.69) is 42.2 Å². The summed E-state index contributed by atoms with van der Waals surface area (Å²) in [5.41, 5.74) is 8.30. The Labute approximate surface area is 119 Å². The molecule has 1 atom stereocenters. The molecule has 2 aromatic rings. The number of nitrogens with zero attached hydrogens (tertiary/aromatic N) is 2. The fraction of sp³-hybridized carbons (Fsp3) is 0.400. The van der Waals surface area contributed by atoms with Crippen molar-refractivity contribution in [2.24, 2.45) is 0 Å². The maximum atomic E-state index is 6.08. The Morgan fingerprint density at radius 3 is 2.53 bits per heavy atom. The number of nitrogen functional groups attached to an aromatic ring is 1. The average Bonchev–Trinajstić information content (AvgIpc) is 2.82. The summed E-state index contributed by atoms with van der Waals surface area (Å²) in [7, 11) is 0. The summed E-state index contributed by atoms with van der Waals surface area (Å²) in [6.07, 6.45) is 1.11. The lowest BCUT2D eigenvalue weighted by Crippen LogP contribution is -2.31. The quantitative estimate of drug-likeness (QED) is 0.896. The largest absolute Gasteiger partial charge is 0.382 e. The van der Waals surface area contributed by atoms with E-state index in [-0.39, 0.29) is 0 Å². The third kappa shape index (κ3) is 2.73. The lowest BCUT2D eigenvalue weighted by molar-refractivity contribution is 0.634. The first kappa shape index (κ1) is 13.9. The molecule has 19 heavy (non-hydrogen) atoms. The molecule has 102 valence electrons. The average molecular weight is 275 g/mol. The van der Waals surface area contributed by atoms with Crippen LogP contribution in [0.2, 0.25) is 0 Å². The molecule has 1 unspecified atom stereocenters. The number of rotatable bonds is 5. The fourth-order valence-electron chi connectivity index (χ4n) is 2.24. The van der Waals surface area contributed by atoms with E-state index in [1.807, 2.05) is 18.2 Å². The molecule has 4 heteroatoms. The van der Waals surface area contributed by atoms with Crippen molar-refractivity contribution in [3.63, 3.8) is 0 Å². The summed E-state index contributed by atoms with van der Waals surface area (Å²) in [4.78, 5) is 2.39. The van der Waals surface area contributed by atoms with Crippen LogP contribution < -0.4 is 10.6 Å². The number of aromatic nitrogens is 1. The van der Waals surface area contributed by atoms with Gasteiger partial charge in [-0.1, -0.05) is 37.3 Å². The van der Waals surface area contributed by atoms with Gasteiger partial charge in [0.1, 0.15) is 10.8 Å². The van der Waals surface area contributed by atoms with Crippen molar-refractivity contribution in [2.45, 2.75) is 33.2 Å². The fourth-order valence-corrected chi connectivity index (χ4v) is 3.25. The van der Waals surface area contributed by atoms with E-state index in [0.29, 0.717) is 11.9 Å². The molecular formula is C15H21N3S. The number of nitrogens with two attached hydrogens (primary N) is 1. The van der Waals surface area contributed by atoms with Gasteiger partial charge in [-0.2, -0.15) is 4.37 Å². The summed E-state index contributed by atoms with van der Waals surface area (Å²) in [6.45, 7) is 7.60. The van der Waals surface area contributed by atoms with E-state index in [1.54, 1.807) is 0 Å². The van der Waals surface area contributed by atoms with Crippen LogP contribution in [-0.2, 0) is 0 Å². The highest BCUT2D eigenvalue weighted by atomic mass is 32.1. The summed E-state index contributed by atoms with van der Waals surface area (Å²) in [5, 5.41) is 1.18. The summed E-state index contributed by atoms with van der Waals surface area (Å²) < 4.78 is 4.36. The van der Waals surface area contributed by atoms with E-state index in [9.17, 15) is 0 Å². The molecule has 0 saturated carbocycles. The van der Waals surface area contributed by atoms with Gasteiger partial charge in [-0.05, 0) is 37.4 Å². The zero-order valence-corrected chi connectivity index (χ0v) is 12.6. The lowest BCUT2D eigenvalue weighted by Gasteiger charge is -2.28. The highest BCUT2D eigenvalue weighted by Crippen LogP contribution is 2.40. The Kier molecular flexibility index (Phi) is 4.43. The van der Waals surface area contributed by atoms with Gasteiger partial charge in [-0.15, -0.1) is 0 Å². The number of benzene rings is 1. The van der Waals surface area contributed by atoms with Crippen molar-refractivity contribution < 1.29 is 0 Å². The van der Waals surface area contributed by atoms with E-state index in [4.69, 9.17) is 5.73 Å². The maximum Gasteiger partial charge on any atom is 0.147 e. The molecule has 2 rings (SSSR count). The molecule has 0 spiro atoms. The molecule has 0 aliphatic heterocycles. The first-order valence-electron chi connectivity index (χ1n) is 6.76. The van der Waals surface area contributed by atoms with E-state index >= 15 is 0 Å². The van der Waals surface area contributed by atoms with Gasteiger partial charge in [-0.25, -0.2) is 0 Å². The van der Waals surface area contributed by atoms with Gasteiger partial charge in [0.05, 0.1) is 5.56 Å². The van der Waals surface area contributed by atoms with E-state index in [1.165, 1.54) is 16.5 Å². The first-order chi connectivity index (χ1) is 9.19. The Balaban J connectivity index is 2.48. The van der Waals surface area contributed by atoms with E-state index in [0.717, 1.165) is 24.1 Å². The van der Waals surface area contributed by atoms with Crippen molar-refractivity contribution in [2.75, 3.05) is 17.2 Å². The van der Waals surface area contributed by atoms with Crippen LogP contribution in [0.25, 0.3) is 11.1 Å². The topological polar surface area (TPSA) is 42.2 Å². The third-order valence-electron chi connectivity index (χ3n) is 3.49. The Bertz CT molecular complexity index is 521. The smallest absolute Gasteiger partial charge is 0.147 e. The molecule has 1 aromatic heterocycles. The molecule has 0 aliphatic rings. The zero-order chi connectivity index (χ0) is 13.8. The van der Waals surface area contributed by atoms with Gasteiger partial charge in [0, 0.05) is 12.6 Å². The predicted molar refractivity (Wildman–Crippen MR) is 84.7 cm³/mol. The van der Waals surface area contributed by atoms with Gasteiger partial charge in [-0.3, -0.25) is 0 Å². The number of hydrogen-bond acceptors (Lipinski definition) is 4. The van der Waals surface area contributed by atoms with Crippen LogP contribution in [0.3, 0.4) is 0 Å². The highest BCUT2D eigenvalue weighted by Gasteiger charge is 2.21. The highest BCUT2D eigenvalue weighted by molar-refractivity contribution is 7.11. The van der Waals surface area contributed by atoms with Crippen molar-refractivity contribution in [1.82, 2.24) is 4.37 Å². The van der Waals surface area contributed by atoms with Crippen LogP contribution >= 0.6 is 11.5 Å². The van der Waals surface area contributed by atoms with Gasteiger partial charge in [0.2, 0.25) is 0 Å². The summed E-state index contributed by atoms with van der Waals surface area (Å²) in [6, 6.07) is 10.8. The van der Waals surface area contributed by atoms with Gasteiger partial charge < -0.3 is 10.6 Å². The number of hydrogen-bond donors (Lipinski definition) is 1. The SMILES string of the molecule is CCC(C)N(CC)c1snc(N)c1-c1ccccc1. The molecule has 0 radical (unpaired) electrons. The van der Waals surface area contributed by atoms with Crippen molar-refractivity contribution in [3.8, 4) is 11.1 Å². The monoisotopic (exact) mass is 275 g/mol. The maximum absolute atomic E-state index is 6.08. The van der Waals surface area contributed by atoms with Gasteiger partial charge >= 0.3 is 0 Å². The third-order valence-corrected chi connectivity index (χ3v) is 4.39. The molecule has 0 amide bonds. The molecular weight excluding hydrogens is 254 g/mol. The second-order valence-electron chi connectivity index (χ2n) is 4.66. The second-order valence-corrected chi connectivity index (χ2v) is 5.41. The molecule has 3 nitrogen and oxygen atoms in total. The normalized spacial score (nSPS) is 12.4. The van der Waals surface area contributed by atoms with Crippen LogP contribution in [-0.4, -0.2) is 17.0 Å². The van der Waals surface area contributed by atoms with Gasteiger partial charge in [0.15, 0.2) is 0 Å². The number of anilines is 2. The standard InChI is InChI=1S/C15H21N3S/c1-4-11(3)18(5-2)15-13(14(16)17-19-15)12-9-7-6-8-10-12/h6-11H,4-5H2,1-3H3,(H2,16,17). The molecule has 0 saturated heterocycles. The van der Waals surface area contributed by atoms with Crippen molar-refractivity contribution in [1.29, 1.82) is 0 Å². The Hall–Kier alpha value is -1.55. The Morgan fingerprint density at radius 2 is 1.95 bits per heavy atom. The minimum absolute atomic E-state index is 0.493. The zero-order valence-electron chi connectivity index (χ0n) is 11.8.